The molecule has 1 aromatic heterocycles. The van der Waals surface area contributed by atoms with Gasteiger partial charge in [0.05, 0.1) is 21.5 Å². The number of carbonyl (C=O) groups is 2. The normalized spacial score (nSPS) is 10.4. The molecule has 0 spiro atoms. The number of hydrogen-bond acceptors (Lipinski definition) is 6. The highest BCUT2D eigenvalue weighted by molar-refractivity contribution is 7.99. The molecule has 0 saturated carbocycles. The second-order valence-electron chi connectivity index (χ2n) is 4.68. The Bertz CT molecular complexity index is 867. The van der Waals surface area contributed by atoms with Gasteiger partial charge in [-0.3, -0.25) is 19.4 Å². The van der Waals surface area contributed by atoms with Gasteiger partial charge in [0.25, 0.3) is 5.56 Å². The van der Waals surface area contributed by atoms with Gasteiger partial charge in [0.1, 0.15) is 0 Å². The largest absolute Gasteiger partial charge is 0.492 e. The predicted molar refractivity (Wildman–Crippen MR) is 96.6 cm³/mol. The molecule has 0 atom stereocenters. The highest BCUT2D eigenvalue weighted by Crippen LogP contribution is 2.30. The second-order valence-corrected chi connectivity index (χ2v) is 6.46. The Labute approximate surface area is 155 Å². The average molecular weight is 403 g/mol. The van der Waals surface area contributed by atoms with Crippen molar-refractivity contribution in [1.29, 1.82) is 0 Å². The zero-order chi connectivity index (χ0) is 18.6. The number of carbonyl (C=O) groups excluding carboxylic acids is 2. The van der Waals surface area contributed by atoms with Gasteiger partial charge in [-0.1, -0.05) is 41.0 Å². The lowest BCUT2D eigenvalue weighted by Crippen LogP contribution is -2.20. The third kappa shape index (κ3) is 5.12. The Morgan fingerprint density at radius 1 is 1.24 bits per heavy atom. The van der Waals surface area contributed by atoms with Crippen LogP contribution in [0.25, 0.3) is 0 Å². The molecule has 8 nitrogen and oxygen atoms in total. The lowest BCUT2D eigenvalue weighted by Gasteiger charge is -2.09. The van der Waals surface area contributed by atoms with Crippen LogP contribution in [-0.2, 0) is 9.59 Å². The fourth-order valence-corrected chi connectivity index (χ4v) is 2.87. The predicted octanol–water partition coefficient (Wildman–Crippen LogP) is 2.47. The van der Waals surface area contributed by atoms with Crippen molar-refractivity contribution in [2.75, 3.05) is 16.4 Å². The van der Waals surface area contributed by atoms with E-state index < -0.39 is 23.3 Å². The molecule has 0 fully saturated rings. The van der Waals surface area contributed by atoms with Crippen molar-refractivity contribution in [1.82, 2.24) is 9.97 Å². The van der Waals surface area contributed by atoms with Gasteiger partial charge in [0, 0.05) is 6.92 Å². The molecule has 4 N–H and O–H groups in total. The molecule has 0 saturated heterocycles. The summed E-state index contributed by atoms with van der Waals surface area (Å²) in [5.74, 6) is -1.73. The van der Waals surface area contributed by atoms with Crippen molar-refractivity contribution in [3.05, 3.63) is 38.6 Å². The molecule has 2 rings (SSSR count). The van der Waals surface area contributed by atoms with Gasteiger partial charge in [0.15, 0.2) is 10.8 Å². The first kappa shape index (κ1) is 19.1. The Kier molecular flexibility index (Phi) is 6.29. The summed E-state index contributed by atoms with van der Waals surface area (Å²) in [6, 6.07) is 4.80. The van der Waals surface area contributed by atoms with E-state index in [0.29, 0.717) is 0 Å². The molecule has 0 aliphatic carbocycles. The molecule has 2 amide bonds. The summed E-state index contributed by atoms with van der Waals surface area (Å²) in [5.41, 5.74) is -0.814. The highest BCUT2D eigenvalue weighted by atomic mass is 35.5. The number of H-pyrrole nitrogens is 1. The molecule has 0 aliphatic heterocycles. The molecule has 0 bridgehead atoms. The summed E-state index contributed by atoms with van der Waals surface area (Å²) in [7, 11) is 0. The van der Waals surface area contributed by atoms with E-state index in [1.54, 1.807) is 18.2 Å². The van der Waals surface area contributed by atoms with Crippen LogP contribution in [0.4, 0.5) is 11.4 Å². The number of para-hydroxylation sites is 1. The lowest BCUT2D eigenvalue weighted by molar-refractivity contribution is -0.114. The summed E-state index contributed by atoms with van der Waals surface area (Å²) in [6.45, 7) is 1.19. The van der Waals surface area contributed by atoms with Crippen LogP contribution in [0.2, 0.25) is 10.0 Å². The summed E-state index contributed by atoms with van der Waals surface area (Å²) in [6.07, 6.45) is 0. The van der Waals surface area contributed by atoms with E-state index in [1.165, 1.54) is 6.92 Å². The molecule has 25 heavy (non-hydrogen) atoms. The van der Waals surface area contributed by atoms with Gasteiger partial charge >= 0.3 is 0 Å². The summed E-state index contributed by atoms with van der Waals surface area (Å²) in [5, 5.41) is 15.0. The maximum absolute atomic E-state index is 12.0. The molecule has 1 aromatic carbocycles. The Morgan fingerprint density at radius 2 is 1.88 bits per heavy atom. The lowest BCUT2D eigenvalue weighted by atomic mass is 10.3. The Hall–Kier alpha value is -2.23. The first-order valence-electron chi connectivity index (χ1n) is 6.75. The number of hydrogen-bond donors (Lipinski definition) is 4. The Balaban J connectivity index is 2.05. The second kappa shape index (κ2) is 8.24. The molecule has 2 aromatic rings. The van der Waals surface area contributed by atoms with Crippen LogP contribution in [0.5, 0.6) is 5.88 Å². The van der Waals surface area contributed by atoms with E-state index in [0.717, 1.165) is 11.8 Å². The van der Waals surface area contributed by atoms with E-state index in [2.05, 4.69) is 20.6 Å². The summed E-state index contributed by atoms with van der Waals surface area (Å²) >= 11 is 12.8. The first-order valence-corrected chi connectivity index (χ1v) is 8.49. The SMILES string of the molecule is CC(=O)Nc1c(O)nc(SCC(=O)Nc2c(Cl)cccc2Cl)[nH]c1=O. The summed E-state index contributed by atoms with van der Waals surface area (Å²) < 4.78 is 0. The molecule has 0 unspecified atom stereocenters. The molecule has 11 heteroatoms. The monoisotopic (exact) mass is 402 g/mol. The Morgan fingerprint density at radius 3 is 2.44 bits per heavy atom. The van der Waals surface area contributed by atoms with Crippen molar-refractivity contribution in [3.8, 4) is 5.88 Å². The summed E-state index contributed by atoms with van der Waals surface area (Å²) in [4.78, 5) is 40.8. The molecule has 132 valence electrons. The van der Waals surface area contributed by atoms with Crippen LogP contribution in [0, 0.1) is 0 Å². The zero-order valence-electron chi connectivity index (χ0n) is 12.7. The number of aromatic amines is 1. The van der Waals surface area contributed by atoms with E-state index in [4.69, 9.17) is 23.2 Å². The molecule has 0 radical (unpaired) electrons. The third-order valence-electron chi connectivity index (χ3n) is 2.75. The minimum atomic E-state index is -0.736. The zero-order valence-corrected chi connectivity index (χ0v) is 15.1. The minimum absolute atomic E-state index is 0.0111. The van der Waals surface area contributed by atoms with Gasteiger partial charge in [-0.05, 0) is 12.1 Å². The number of amides is 2. The number of nitrogens with one attached hydrogen (secondary N) is 3. The number of thioether (sulfide) groups is 1. The van der Waals surface area contributed by atoms with Crippen LogP contribution >= 0.6 is 35.0 Å². The smallest absolute Gasteiger partial charge is 0.279 e. The van der Waals surface area contributed by atoms with Crippen molar-refractivity contribution >= 4 is 58.2 Å². The average Bonchev–Trinajstić information content (AvgIpc) is 2.52. The number of halogens is 2. The van der Waals surface area contributed by atoms with E-state index in [9.17, 15) is 19.5 Å². The van der Waals surface area contributed by atoms with Crippen molar-refractivity contribution < 1.29 is 14.7 Å². The van der Waals surface area contributed by atoms with Crippen LogP contribution in [0.1, 0.15) is 6.92 Å². The standard InChI is InChI=1S/C14H12Cl2N4O4S/c1-6(21)17-11-12(23)19-14(20-13(11)24)25-5-9(22)18-10-7(15)3-2-4-8(10)16/h2-4H,5H2,1H3,(H,17,21)(H,18,22)(H2,19,20,23,24). The van der Waals surface area contributed by atoms with Gasteiger partial charge in [-0.2, -0.15) is 4.98 Å². The number of aromatic hydroxyl groups is 1. The fourth-order valence-electron chi connectivity index (χ4n) is 1.72. The van der Waals surface area contributed by atoms with Crippen LogP contribution < -0.4 is 16.2 Å². The molecule has 0 aliphatic rings. The number of anilines is 2. The van der Waals surface area contributed by atoms with E-state index >= 15 is 0 Å². The minimum Gasteiger partial charge on any atom is -0.492 e. The van der Waals surface area contributed by atoms with Gasteiger partial charge in [0.2, 0.25) is 17.7 Å². The van der Waals surface area contributed by atoms with Crippen LogP contribution in [0.3, 0.4) is 0 Å². The van der Waals surface area contributed by atoms with Crippen LogP contribution in [0.15, 0.2) is 28.2 Å². The first-order chi connectivity index (χ1) is 11.8. The van der Waals surface area contributed by atoms with Crippen molar-refractivity contribution in [3.63, 3.8) is 0 Å². The number of rotatable bonds is 5. The maximum atomic E-state index is 12.0. The number of nitrogens with zero attached hydrogens (tertiary/aromatic N) is 1. The topological polar surface area (TPSA) is 124 Å². The van der Waals surface area contributed by atoms with Crippen LogP contribution in [-0.4, -0.2) is 32.6 Å². The van der Waals surface area contributed by atoms with Crippen molar-refractivity contribution in [2.45, 2.75) is 12.1 Å². The fraction of sp³-hybridized carbons (Fsp3) is 0.143. The van der Waals surface area contributed by atoms with Gasteiger partial charge in [-0.25, -0.2) is 0 Å². The maximum Gasteiger partial charge on any atom is 0.279 e. The quantitative estimate of drug-likeness (QED) is 0.449. The van der Waals surface area contributed by atoms with E-state index in [1.807, 2.05) is 0 Å². The third-order valence-corrected chi connectivity index (χ3v) is 4.25. The van der Waals surface area contributed by atoms with Crippen molar-refractivity contribution in [2.24, 2.45) is 0 Å². The van der Waals surface area contributed by atoms with Gasteiger partial charge in [-0.15, -0.1) is 0 Å². The highest BCUT2D eigenvalue weighted by Gasteiger charge is 2.14. The van der Waals surface area contributed by atoms with Gasteiger partial charge < -0.3 is 15.7 Å². The molecule has 1 heterocycles. The van der Waals surface area contributed by atoms with E-state index in [-0.39, 0.29) is 32.3 Å². The molecular weight excluding hydrogens is 391 g/mol. The number of aromatic nitrogens is 2. The number of benzene rings is 1. The molecular formula is C14H12Cl2N4O4S.